The van der Waals surface area contributed by atoms with Gasteiger partial charge in [-0.2, -0.15) is 0 Å². The number of likely N-dealkylation sites (tertiary alicyclic amines) is 1. The van der Waals surface area contributed by atoms with Crippen molar-refractivity contribution in [3.05, 3.63) is 64.7 Å². The highest BCUT2D eigenvalue weighted by Crippen LogP contribution is 2.38. The summed E-state index contributed by atoms with van der Waals surface area (Å²) < 4.78 is 5.94. The van der Waals surface area contributed by atoms with Crippen LogP contribution in [0.15, 0.2) is 48.5 Å². The quantitative estimate of drug-likeness (QED) is 0.766. The van der Waals surface area contributed by atoms with E-state index in [0.717, 1.165) is 30.0 Å². The minimum Gasteiger partial charge on any atom is -0.491 e. The van der Waals surface area contributed by atoms with Crippen LogP contribution in [0.5, 0.6) is 5.75 Å². The molecule has 0 N–H and O–H groups in total. The van der Waals surface area contributed by atoms with Crippen LogP contribution in [0.25, 0.3) is 0 Å². The molecule has 1 saturated heterocycles. The Hall–Kier alpha value is -1.75. The molecule has 2 aromatic rings. The number of benzene rings is 2. The van der Waals surface area contributed by atoms with Crippen LogP contribution in [0.1, 0.15) is 30.0 Å². The summed E-state index contributed by atoms with van der Waals surface area (Å²) in [7, 11) is 0. The summed E-state index contributed by atoms with van der Waals surface area (Å²) in [6.07, 6.45) is 2.36. The first-order valence-corrected chi connectivity index (χ1v) is 9.59. The summed E-state index contributed by atoms with van der Waals surface area (Å²) in [4.78, 5) is 17.4. The van der Waals surface area contributed by atoms with E-state index < -0.39 is 0 Å². The number of nitrogens with zero attached hydrogens (tertiary/aromatic N) is 2. The number of hydrogen-bond donors (Lipinski definition) is 0. The van der Waals surface area contributed by atoms with Crippen LogP contribution in [0.4, 0.5) is 0 Å². The van der Waals surface area contributed by atoms with E-state index in [0.29, 0.717) is 24.7 Å². The molecule has 2 aliphatic rings. The van der Waals surface area contributed by atoms with E-state index in [2.05, 4.69) is 17.0 Å². The number of amides is 1. The molecule has 0 radical (unpaired) electrons. The zero-order valence-electron chi connectivity index (χ0n) is 15.1. The summed E-state index contributed by atoms with van der Waals surface area (Å²) in [5.41, 5.74) is 2.03. The highest BCUT2D eigenvalue weighted by atomic mass is 35.5. The Morgan fingerprint density at radius 2 is 1.81 bits per heavy atom. The molecule has 6 heteroatoms. The van der Waals surface area contributed by atoms with Crippen molar-refractivity contribution in [3.63, 3.8) is 0 Å². The Kier molecular flexibility index (Phi) is 6.64. The van der Waals surface area contributed by atoms with Crippen molar-refractivity contribution in [2.75, 3.05) is 32.8 Å². The van der Waals surface area contributed by atoms with Crippen molar-refractivity contribution in [2.45, 2.75) is 18.9 Å². The largest absolute Gasteiger partial charge is 0.491 e. The minimum atomic E-state index is -0.178. The van der Waals surface area contributed by atoms with Gasteiger partial charge in [0.1, 0.15) is 12.4 Å². The first-order chi connectivity index (χ1) is 12.7. The molecule has 1 atom stereocenters. The van der Waals surface area contributed by atoms with Gasteiger partial charge in [-0.15, -0.1) is 12.4 Å². The van der Waals surface area contributed by atoms with Gasteiger partial charge in [0, 0.05) is 10.6 Å². The molecule has 0 bridgehead atoms. The maximum absolute atomic E-state index is 13.2. The van der Waals surface area contributed by atoms with Gasteiger partial charge in [-0.05, 0) is 49.7 Å². The molecule has 2 aliphatic heterocycles. The molecule has 0 spiro atoms. The molecular formula is C21H24Cl2N2O2. The molecule has 0 aliphatic carbocycles. The van der Waals surface area contributed by atoms with E-state index in [1.54, 1.807) is 0 Å². The van der Waals surface area contributed by atoms with Gasteiger partial charge in [-0.3, -0.25) is 9.69 Å². The number of ether oxygens (including phenoxy) is 1. The molecule has 4 rings (SSSR count). The van der Waals surface area contributed by atoms with Crippen molar-refractivity contribution < 1.29 is 9.53 Å². The Morgan fingerprint density at radius 3 is 2.56 bits per heavy atom. The van der Waals surface area contributed by atoms with Crippen molar-refractivity contribution in [2.24, 2.45) is 0 Å². The molecule has 27 heavy (non-hydrogen) atoms. The number of rotatable bonds is 3. The SMILES string of the molecule is Cl.O=C(CN1CCCC1)N1CCOc2ccc(Cl)cc2C1c1ccccc1. The highest BCUT2D eigenvalue weighted by Gasteiger charge is 2.32. The fraction of sp³-hybridized carbons (Fsp3) is 0.381. The molecule has 2 heterocycles. The Morgan fingerprint density at radius 1 is 1.07 bits per heavy atom. The molecule has 1 fully saturated rings. The smallest absolute Gasteiger partial charge is 0.237 e. The normalized spacial score (nSPS) is 19.6. The topological polar surface area (TPSA) is 32.8 Å². The minimum absolute atomic E-state index is 0. The van der Waals surface area contributed by atoms with Gasteiger partial charge in [-0.1, -0.05) is 41.9 Å². The average molecular weight is 407 g/mol. The monoisotopic (exact) mass is 406 g/mol. The third-order valence-corrected chi connectivity index (χ3v) is 5.40. The third-order valence-electron chi connectivity index (χ3n) is 5.16. The average Bonchev–Trinajstić information content (AvgIpc) is 3.08. The Bertz CT molecular complexity index is 779. The van der Waals surface area contributed by atoms with E-state index in [9.17, 15) is 4.79 Å². The molecule has 1 unspecified atom stereocenters. The predicted molar refractivity (Wildman–Crippen MR) is 110 cm³/mol. The second-order valence-electron chi connectivity index (χ2n) is 6.91. The lowest BCUT2D eigenvalue weighted by atomic mass is 9.96. The van der Waals surface area contributed by atoms with E-state index in [4.69, 9.17) is 16.3 Å². The summed E-state index contributed by atoms with van der Waals surface area (Å²) in [5.74, 6) is 0.955. The zero-order chi connectivity index (χ0) is 17.9. The number of carbonyl (C=O) groups is 1. The van der Waals surface area contributed by atoms with E-state index in [1.165, 1.54) is 12.8 Å². The fourth-order valence-electron chi connectivity index (χ4n) is 3.90. The van der Waals surface area contributed by atoms with Crippen molar-refractivity contribution in [3.8, 4) is 5.75 Å². The van der Waals surface area contributed by atoms with Crippen molar-refractivity contribution in [1.82, 2.24) is 9.80 Å². The van der Waals surface area contributed by atoms with E-state index in [-0.39, 0.29) is 24.4 Å². The molecular weight excluding hydrogens is 383 g/mol. The standard InChI is InChI=1S/C21H23ClN2O2.ClH/c22-17-8-9-19-18(14-17)21(16-6-2-1-3-7-16)24(12-13-26-19)20(25)15-23-10-4-5-11-23;/h1-3,6-9,14,21H,4-5,10-13,15H2;1H. The first kappa shape index (κ1) is 20.0. The predicted octanol–water partition coefficient (Wildman–Crippen LogP) is 4.17. The van der Waals surface area contributed by atoms with E-state index >= 15 is 0 Å². The second-order valence-corrected chi connectivity index (χ2v) is 7.35. The number of hydrogen-bond acceptors (Lipinski definition) is 3. The lowest BCUT2D eigenvalue weighted by Gasteiger charge is -2.32. The highest BCUT2D eigenvalue weighted by molar-refractivity contribution is 6.30. The molecule has 1 amide bonds. The van der Waals surface area contributed by atoms with Crippen LogP contribution >= 0.6 is 24.0 Å². The Labute approximate surface area is 171 Å². The summed E-state index contributed by atoms with van der Waals surface area (Å²) >= 11 is 6.28. The maximum Gasteiger partial charge on any atom is 0.237 e. The number of fused-ring (bicyclic) bond motifs is 1. The summed E-state index contributed by atoms with van der Waals surface area (Å²) in [5, 5.41) is 0.655. The third kappa shape index (κ3) is 4.40. The van der Waals surface area contributed by atoms with Crippen LogP contribution < -0.4 is 4.74 Å². The van der Waals surface area contributed by atoms with Crippen molar-refractivity contribution >= 4 is 29.9 Å². The van der Waals surface area contributed by atoms with Crippen LogP contribution in [0, 0.1) is 0 Å². The molecule has 0 saturated carbocycles. The Balaban J connectivity index is 0.00000210. The van der Waals surface area contributed by atoms with Gasteiger partial charge < -0.3 is 9.64 Å². The zero-order valence-corrected chi connectivity index (χ0v) is 16.7. The molecule has 144 valence electrons. The van der Waals surface area contributed by atoms with Gasteiger partial charge in [0.2, 0.25) is 5.91 Å². The van der Waals surface area contributed by atoms with Crippen LogP contribution in [-0.2, 0) is 4.79 Å². The molecule has 4 nitrogen and oxygen atoms in total. The van der Waals surface area contributed by atoms with Gasteiger partial charge in [0.15, 0.2) is 0 Å². The number of halogens is 2. The lowest BCUT2D eigenvalue weighted by molar-refractivity contribution is -0.134. The van der Waals surface area contributed by atoms with Crippen LogP contribution in [0.3, 0.4) is 0 Å². The van der Waals surface area contributed by atoms with Crippen molar-refractivity contribution in [1.29, 1.82) is 0 Å². The van der Waals surface area contributed by atoms with Crippen LogP contribution in [-0.4, -0.2) is 48.5 Å². The lowest BCUT2D eigenvalue weighted by Crippen LogP contribution is -2.42. The van der Waals surface area contributed by atoms with E-state index in [1.807, 2.05) is 41.3 Å². The molecule has 2 aromatic carbocycles. The van der Waals surface area contributed by atoms with Gasteiger partial charge in [0.05, 0.1) is 19.1 Å². The van der Waals surface area contributed by atoms with Gasteiger partial charge in [0.25, 0.3) is 0 Å². The molecule has 0 aromatic heterocycles. The maximum atomic E-state index is 13.2. The second kappa shape index (κ2) is 8.96. The fourth-order valence-corrected chi connectivity index (χ4v) is 4.08. The summed E-state index contributed by atoms with van der Waals surface area (Å²) in [6, 6.07) is 15.6. The first-order valence-electron chi connectivity index (χ1n) is 9.21. The summed E-state index contributed by atoms with van der Waals surface area (Å²) in [6.45, 7) is 3.55. The van der Waals surface area contributed by atoms with Gasteiger partial charge >= 0.3 is 0 Å². The van der Waals surface area contributed by atoms with Crippen LogP contribution in [0.2, 0.25) is 5.02 Å². The van der Waals surface area contributed by atoms with Gasteiger partial charge in [-0.25, -0.2) is 0 Å². The number of carbonyl (C=O) groups excluding carboxylic acids is 1.